The minimum Gasteiger partial charge on any atom is -0.478 e. The second-order valence-electron chi connectivity index (χ2n) is 8.91. The van der Waals surface area contributed by atoms with E-state index in [2.05, 4.69) is 20.8 Å². The van der Waals surface area contributed by atoms with Crippen molar-refractivity contribution in [3.8, 4) is 0 Å². The van der Waals surface area contributed by atoms with Crippen molar-refractivity contribution >= 4 is 17.9 Å². The lowest BCUT2D eigenvalue weighted by atomic mass is 9.81. The van der Waals surface area contributed by atoms with Gasteiger partial charge < -0.3 is 15.3 Å². The Balaban J connectivity index is 3.73. The molecule has 0 amide bonds. The predicted octanol–water partition coefficient (Wildman–Crippen LogP) is 7.15. The molecular weight excluding hydrogens is 420 g/mol. The zero-order valence-corrected chi connectivity index (χ0v) is 20.7. The molecule has 1 aromatic carbocycles. The Hall–Kier alpha value is -2.37. The summed E-state index contributed by atoms with van der Waals surface area (Å²) >= 11 is 0. The molecule has 6 nitrogen and oxygen atoms in total. The van der Waals surface area contributed by atoms with Crippen LogP contribution in [-0.4, -0.2) is 33.2 Å². The Bertz CT molecular complexity index is 797. The molecule has 0 aromatic heterocycles. The van der Waals surface area contributed by atoms with Gasteiger partial charge in [0.25, 0.3) is 0 Å². The van der Waals surface area contributed by atoms with Crippen LogP contribution in [0.5, 0.6) is 0 Å². The van der Waals surface area contributed by atoms with E-state index in [9.17, 15) is 29.7 Å². The average molecular weight is 463 g/mol. The zero-order chi connectivity index (χ0) is 24.8. The maximum absolute atomic E-state index is 12.5. The average Bonchev–Trinajstić information content (AvgIpc) is 2.76. The molecule has 0 aliphatic carbocycles. The summed E-state index contributed by atoms with van der Waals surface area (Å²) in [5.74, 6) is -3.78. The van der Waals surface area contributed by atoms with Gasteiger partial charge in [0.1, 0.15) is 0 Å². The lowest BCUT2D eigenvalue weighted by Gasteiger charge is -2.22. The maximum Gasteiger partial charge on any atom is 0.336 e. The highest BCUT2D eigenvalue weighted by Gasteiger charge is 2.32. The molecule has 0 bridgehead atoms. The summed E-state index contributed by atoms with van der Waals surface area (Å²) in [6.45, 7) is 6.25. The topological polar surface area (TPSA) is 112 Å². The first-order valence-corrected chi connectivity index (χ1v) is 12.7. The molecule has 0 aliphatic heterocycles. The first-order valence-electron chi connectivity index (χ1n) is 12.7. The fourth-order valence-electron chi connectivity index (χ4n) is 4.63. The lowest BCUT2D eigenvalue weighted by molar-refractivity contribution is 0.0646. The number of rotatable bonds is 18. The molecule has 0 spiro atoms. The van der Waals surface area contributed by atoms with E-state index >= 15 is 0 Å². The Labute approximate surface area is 198 Å². The maximum atomic E-state index is 12.5. The molecule has 0 atom stereocenters. The molecule has 6 heteroatoms. The number of carbonyl (C=O) groups is 3. The van der Waals surface area contributed by atoms with Crippen LogP contribution in [0.15, 0.2) is 0 Å². The van der Waals surface area contributed by atoms with Crippen LogP contribution in [0.25, 0.3) is 0 Å². The van der Waals surface area contributed by atoms with Crippen LogP contribution in [0, 0.1) is 0 Å². The highest BCUT2D eigenvalue weighted by molar-refractivity contribution is 6.07. The Kier molecular flexibility index (Phi) is 13.4. The number of aromatic carboxylic acids is 3. The molecule has 3 N–H and O–H groups in total. The molecule has 0 fully saturated rings. The van der Waals surface area contributed by atoms with Gasteiger partial charge in [-0.3, -0.25) is 0 Å². The highest BCUT2D eigenvalue weighted by Crippen LogP contribution is 2.33. The van der Waals surface area contributed by atoms with Gasteiger partial charge in [-0.05, 0) is 55.2 Å². The summed E-state index contributed by atoms with van der Waals surface area (Å²) < 4.78 is 0. The molecule has 0 saturated carbocycles. The van der Waals surface area contributed by atoms with Gasteiger partial charge >= 0.3 is 17.9 Å². The minimum atomic E-state index is -1.35. The molecule has 1 aromatic rings. The van der Waals surface area contributed by atoms with Gasteiger partial charge in [0.05, 0.1) is 16.7 Å². The van der Waals surface area contributed by atoms with Crippen molar-refractivity contribution in [1.82, 2.24) is 0 Å². The summed E-state index contributed by atoms with van der Waals surface area (Å²) in [4.78, 5) is 37.1. The van der Waals surface area contributed by atoms with Crippen LogP contribution in [0.3, 0.4) is 0 Å². The van der Waals surface area contributed by atoms with E-state index in [0.29, 0.717) is 36.8 Å². The monoisotopic (exact) mass is 462 g/mol. The van der Waals surface area contributed by atoms with Gasteiger partial charge in [0, 0.05) is 0 Å². The van der Waals surface area contributed by atoms with E-state index in [0.717, 1.165) is 64.2 Å². The molecule has 0 unspecified atom stereocenters. The summed E-state index contributed by atoms with van der Waals surface area (Å²) in [5.41, 5.74) is 0.673. The molecule has 1 rings (SSSR count). The quantitative estimate of drug-likeness (QED) is 0.200. The Morgan fingerprint density at radius 2 is 0.758 bits per heavy atom. The lowest BCUT2D eigenvalue weighted by Crippen LogP contribution is -2.22. The number of carboxylic acid groups (broad SMARTS) is 3. The smallest absolute Gasteiger partial charge is 0.336 e. The van der Waals surface area contributed by atoms with E-state index in [1.54, 1.807) is 0 Å². The van der Waals surface area contributed by atoms with Crippen LogP contribution >= 0.6 is 0 Å². The van der Waals surface area contributed by atoms with Crippen molar-refractivity contribution in [3.63, 3.8) is 0 Å². The van der Waals surface area contributed by atoms with Gasteiger partial charge in [0.15, 0.2) is 0 Å². The first-order chi connectivity index (χ1) is 15.8. The summed E-state index contributed by atoms with van der Waals surface area (Å²) in [7, 11) is 0. The van der Waals surface area contributed by atoms with Crippen molar-refractivity contribution in [2.24, 2.45) is 0 Å². The van der Waals surface area contributed by atoms with Crippen molar-refractivity contribution in [2.45, 2.75) is 117 Å². The second-order valence-corrected chi connectivity index (χ2v) is 8.91. The van der Waals surface area contributed by atoms with Crippen LogP contribution < -0.4 is 0 Å². The third-order valence-electron chi connectivity index (χ3n) is 6.30. The first kappa shape index (κ1) is 28.7. The van der Waals surface area contributed by atoms with Crippen LogP contribution in [-0.2, 0) is 19.3 Å². The number of hydrogen-bond acceptors (Lipinski definition) is 3. The van der Waals surface area contributed by atoms with Crippen molar-refractivity contribution < 1.29 is 29.7 Å². The highest BCUT2D eigenvalue weighted by atomic mass is 16.4. The third kappa shape index (κ3) is 8.49. The fraction of sp³-hybridized carbons (Fsp3) is 0.667. The summed E-state index contributed by atoms with van der Waals surface area (Å²) in [6.07, 6.45) is 12.0. The molecule has 0 aliphatic rings. The molecule has 33 heavy (non-hydrogen) atoms. The molecule has 0 radical (unpaired) electrons. The third-order valence-corrected chi connectivity index (χ3v) is 6.30. The van der Waals surface area contributed by atoms with Gasteiger partial charge in [-0.1, -0.05) is 78.6 Å². The Morgan fingerprint density at radius 3 is 1.09 bits per heavy atom. The van der Waals surface area contributed by atoms with Gasteiger partial charge in [-0.15, -0.1) is 0 Å². The number of benzene rings is 1. The predicted molar refractivity (Wildman–Crippen MR) is 131 cm³/mol. The Morgan fingerprint density at radius 1 is 0.455 bits per heavy atom. The SMILES string of the molecule is CCCCCCc1c(CCCCCC)c(C(=O)O)c(C(=O)O)c(CCCCCC)c1C(=O)O. The molecular formula is C27H42O6. The standard InChI is InChI=1S/C27H42O6/c1-4-7-10-13-16-19-20(17-14-11-8-5-2)23(26(30)31)24(27(32)33)21(22(19)25(28)29)18-15-12-9-6-3/h4-18H2,1-3H3,(H,28,29)(H,30,31)(H,32,33). The second kappa shape index (κ2) is 15.5. The zero-order valence-electron chi connectivity index (χ0n) is 20.7. The number of hydrogen-bond donors (Lipinski definition) is 3. The number of unbranched alkanes of at least 4 members (excludes halogenated alkanes) is 9. The van der Waals surface area contributed by atoms with Crippen molar-refractivity contribution in [2.75, 3.05) is 0 Å². The van der Waals surface area contributed by atoms with E-state index in [-0.39, 0.29) is 28.7 Å². The van der Waals surface area contributed by atoms with Crippen molar-refractivity contribution in [3.05, 3.63) is 33.4 Å². The number of carboxylic acids is 3. The van der Waals surface area contributed by atoms with Crippen LogP contribution in [0.4, 0.5) is 0 Å². The van der Waals surface area contributed by atoms with E-state index in [1.165, 1.54) is 0 Å². The fourth-order valence-corrected chi connectivity index (χ4v) is 4.63. The van der Waals surface area contributed by atoms with Gasteiger partial charge in [-0.25, -0.2) is 14.4 Å². The van der Waals surface area contributed by atoms with Crippen LogP contribution in [0.2, 0.25) is 0 Å². The summed E-state index contributed by atoms with van der Waals surface area (Å²) in [5, 5.41) is 30.3. The molecule has 0 heterocycles. The van der Waals surface area contributed by atoms with E-state index in [1.807, 2.05) is 0 Å². The van der Waals surface area contributed by atoms with E-state index < -0.39 is 17.9 Å². The van der Waals surface area contributed by atoms with Gasteiger partial charge in [-0.2, -0.15) is 0 Å². The summed E-state index contributed by atoms with van der Waals surface area (Å²) in [6, 6.07) is 0. The molecule has 0 saturated heterocycles. The van der Waals surface area contributed by atoms with Crippen molar-refractivity contribution in [1.29, 1.82) is 0 Å². The van der Waals surface area contributed by atoms with E-state index in [4.69, 9.17) is 0 Å². The van der Waals surface area contributed by atoms with Crippen LogP contribution in [0.1, 0.15) is 146 Å². The molecule has 186 valence electrons. The normalized spacial score (nSPS) is 11.0. The largest absolute Gasteiger partial charge is 0.478 e. The van der Waals surface area contributed by atoms with Gasteiger partial charge in [0.2, 0.25) is 0 Å². The minimum absolute atomic E-state index is 0.0379.